The highest BCUT2D eigenvalue weighted by atomic mass is 35.5. The van der Waals surface area contributed by atoms with E-state index in [-0.39, 0.29) is 32.6 Å². The van der Waals surface area contributed by atoms with Gasteiger partial charge in [-0.05, 0) is 17.7 Å². The first-order valence-corrected chi connectivity index (χ1v) is 5.90. The third-order valence-electron chi connectivity index (χ3n) is 2.01. The summed E-state index contributed by atoms with van der Waals surface area (Å²) in [6, 6.07) is 3.87. The number of hydrogen-bond donors (Lipinski definition) is 0. The van der Waals surface area contributed by atoms with Crippen molar-refractivity contribution in [3.8, 4) is 11.6 Å². The van der Waals surface area contributed by atoms with Gasteiger partial charge < -0.3 is 4.74 Å². The summed E-state index contributed by atoms with van der Waals surface area (Å²) < 4.78 is 5.33. The molecular weight excluding hydrogens is 316 g/mol. The van der Waals surface area contributed by atoms with Crippen LogP contribution in [0.1, 0.15) is 0 Å². The molecule has 0 aliphatic rings. The molecule has 0 aliphatic carbocycles. The van der Waals surface area contributed by atoms with Crippen LogP contribution < -0.4 is 4.74 Å². The summed E-state index contributed by atoms with van der Waals surface area (Å²) in [5.41, 5.74) is -0.221. The van der Waals surface area contributed by atoms with Gasteiger partial charge in [0.2, 0.25) is 11.2 Å². The third kappa shape index (κ3) is 3.23. The summed E-state index contributed by atoms with van der Waals surface area (Å²) in [6.07, 6.45) is 1.28. The van der Waals surface area contributed by atoms with Crippen molar-refractivity contribution in [1.29, 1.82) is 0 Å². The highest BCUT2D eigenvalue weighted by Crippen LogP contribution is 2.32. The molecule has 2 aromatic rings. The highest BCUT2D eigenvalue weighted by Gasteiger charge is 2.14. The molecule has 0 atom stereocenters. The van der Waals surface area contributed by atoms with Crippen molar-refractivity contribution in [3.05, 3.63) is 49.8 Å². The number of nitro groups is 1. The molecule has 0 fully saturated rings. The molecule has 2 rings (SSSR count). The lowest BCUT2D eigenvalue weighted by Crippen LogP contribution is -1.93. The van der Waals surface area contributed by atoms with Crippen LogP contribution in [0.15, 0.2) is 24.4 Å². The molecule has 1 heterocycles. The number of halogens is 3. The Morgan fingerprint density at radius 1 is 1.21 bits per heavy atom. The zero-order valence-corrected chi connectivity index (χ0v) is 11.3. The van der Waals surface area contributed by atoms with Gasteiger partial charge in [0.1, 0.15) is 15.8 Å². The lowest BCUT2D eigenvalue weighted by molar-refractivity contribution is -0.384. The lowest BCUT2D eigenvalue weighted by atomic mass is 10.3. The molecule has 0 amide bonds. The first-order valence-electron chi connectivity index (χ1n) is 4.77. The summed E-state index contributed by atoms with van der Waals surface area (Å²) in [4.78, 5) is 17.5. The van der Waals surface area contributed by atoms with Gasteiger partial charge in [0.15, 0.2) is 0 Å². The van der Waals surface area contributed by atoms with Crippen molar-refractivity contribution in [2.45, 2.75) is 0 Å². The molecule has 0 saturated carbocycles. The van der Waals surface area contributed by atoms with E-state index in [0.29, 0.717) is 0 Å². The van der Waals surface area contributed by atoms with Crippen LogP contribution in [0.3, 0.4) is 0 Å². The number of ether oxygens (including phenoxy) is 1. The van der Waals surface area contributed by atoms with E-state index in [1.54, 1.807) is 0 Å². The van der Waals surface area contributed by atoms with E-state index in [9.17, 15) is 10.1 Å². The number of nitrogens with zero attached hydrogens (tertiary/aromatic N) is 3. The normalized spacial score (nSPS) is 10.3. The van der Waals surface area contributed by atoms with Gasteiger partial charge in [-0.15, -0.1) is 0 Å². The Labute approximate surface area is 122 Å². The van der Waals surface area contributed by atoms with Crippen molar-refractivity contribution < 1.29 is 9.66 Å². The zero-order chi connectivity index (χ0) is 14.0. The van der Waals surface area contributed by atoms with Crippen LogP contribution in [-0.4, -0.2) is 14.9 Å². The Morgan fingerprint density at radius 3 is 2.58 bits per heavy atom. The molecule has 0 N–H and O–H groups in total. The molecule has 1 aromatic heterocycles. The minimum absolute atomic E-state index is 0.0339. The monoisotopic (exact) mass is 319 g/mol. The predicted molar refractivity (Wildman–Crippen MR) is 70.2 cm³/mol. The summed E-state index contributed by atoms with van der Waals surface area (Å²) in [5.74, 6) is 0.277. The Bertz CT molecular complexity index is 651. The molecule has 0 spiro atoms. The molecule has 0 radical (unpaired) electrons. The maximum absolute atomic E-state index is 10.6. The Balaban J connectivity index is 2.31. The Kier molecular flexibility index (Phi) is 4.04. The molecule has 9 heteroatoms. The van der Waals surface area contributed by atoms with E-state index in [1.807, 2.05) is 0 Å². The Hall–Kier alpha value is -1.63. The van der Waals surface area contributed by atoms with E-state index < -0.39 is 4.92 Å². The predicted octanol–water partition coefficient (Wildman–Crippen LogP) is 4.14. The van der Waals surface area contributed by atoms with Crippen molar-refractivity contribution in [3.63, 3.8) is 0 Å². The second-order valence-corrected chi connectivity index (χ2v) is 4.42. The molecule has 98 valence electrons. The van der Waals surface area contributed by atoms with Gasteiger partial charge >= 0.3 is 0 Å². The largest absolute Gasteiger partial charge is 0.437 e. The van der Waals surface area contributed by atoms with Crippen LogP contribution in [0.4, 0.5) is 5.69 Å². The molecule has 0 aliphatic heterocycles. The van der Waals surface area contributed by atoms with E-state index in [4.69, 9.17) is 39.5 Å². The van der Waals surface area contributed by atoms with Gasteiger partial charge in [-0.1, -0.05) is 23.2 Å². The summed E-state index contributed by atoms with van der Waals surface area (Å²) in [5, 5.41) is 10.7. The second-order valence-electron chi connectivity index (χ2n) is 3.26. The quantitative estimate of drug-likeness (QED) is 0.482. The first kappa shape index (κ1) is 13.8. The maximum Gasteiger partial charge on any atom is 0.288 e. The molecule has 19 heavy (non-hydrogen) atoms. The molecule has 1 aromatic carbocycles. The average Bonchev–Trinajstić information content (AvgIpc) is 2.33. The van der Waals surface area contributed by atoms with Crippen LogP contribution in [-0.2, 0) is 0 Å². The van der Waals surface area contributed by atoms with Crippen molar-refractivity contribution in [1.82, 2.24) is 9.97 Å². The molecule has 0 bridgehead atoms. The molecule has 0 saturated heterocycles. The van der Waals surface area contributed by atoms with Crippen molar-refractivity contribution in [2.24, 2.45) is 0 Å². The van der Waals surface area contributed by atoms with Crippen LogP contribution in [0, 0.1) is 10.1 Å². The van der Waals surface area contributed by atoms with Crippen molar-refractivity contribution >= 4 is 40.5 Å². The minimum Gasteiger partial charge on any atom is -0.437 e. The van der Waals surface area contributed by atoms with Crippen LogP contribution in [0.5, 0.6) is 11.6 Å². The van der Waals surface area contributed by atoms with Crippen LogP contribution in [0.25, 0.3) is 0 Å². The SMILES string of the molecule is O=[N+]([O-])c1ccc(Oc2nc(Cl)ncc2Cl)cc1Cl. The van der Waals surface area contributed by atoms with Gasteiger partial charge in [0, 0.05) is 12.1 Å². The van der Waals surface area contributed by atoms with Crippen LogP contribution in [0.2, 0.25) is 15.3 Å². The summed E-state index contributed by atoms with van der Waals surface area (Å²) >= 11 is 17.2. The maximum atomic E-state index is 10.6. The first-order chi connectivity index (χ1) is 8.97. The van der Waals surface area contributed by atoms with Gasteiger partial charge in [-0.25, -0.2) is 4.98 Å². The summed E-state index contributed by atoms with van der Waals surface area (Å²) in [6.45, 7) is 0. The topological polar surface area (TPSA) is 78.2 Å². The molecule has 6 nitrogen and oxygen atoms in total. The third-order valence-corrected chi connectivity index (χ3v) is 2.76. The summed E-state index contributed by atoms with van der Waals surface area (Å²) in [7, 11) is 0. The fourth-order valence-electron chi connectivity index (χ4n) is 1.21. The van der Waals surface area contributed by atoms with E-state index in [0.717, 1.165) is 0 Å². The van der Waals surface area contributed by atoms with Gasteiger partial charge in [0.05, 0.1) is 11.1 Å². The smallest absolute Gasteiger partial charge is 0.288 e. The van der Waals surface area contributed by atoms with Gasteiger partial charge in [-0.2, -0.15) is 4.98 Å². The minimum atomic E-state index is -0.597. The number of nitro benzene ring substituents is 1. The zero-order valence-electron chi connectivity index (χ0n) is 9.01. The van der Waals surface area contributed by atoms with Gasteiger partial charge in [-0.3, -0.25) is 10.1 Å². The van der Waals surface area contributed by atoms with Gasteiger partial charge in [0.25, 0.3) is 5.69 Å². The van der Waals surface area contributed by atoms with E-state index >= 15 is 0 Å². The average molecular weight is 321 g/mol. The fourth-order valence-corrected chi connectivity index (χ4v) is 1.71. The number of rotatable bonds is 3. The van der Waals surface area contributed by atoms with Crippen LogP contribution >= 0.6 is 34.8 Å². The number of benzene rings is 1. The van der Waals surface area contributed by atoms with E-state index in [1.165, 1.54) is 24.4 Å². The molecule has 0 unspecified atom stereocenters. The highest BCUT2D eigenvalue weighted by molar-refractivity contribution is 6.33. The molecular formula is C10H4Cl3N3O3. The number of hydrogen-bond acceptors (Lipinski definition) is 5. The van der Waals surface area contributed by atoms with Crippen molar-refractivity contribution in [2.75, 3.05) is 0 Å². The number of aromatic nitrogens is 2. The fraction of sp³-hybridized carbons (Fsp3) is 0. The lowest BCUT2D eigenvalue weighted by Gasteiger charge is -2.06. The second kappa shape index (κ2) is 5.56. The standard InChI is InChI=1S/C10H4Cl3N3O3/c11-6-3-5(1-2-8(6)16(17)18)19-9-7(12)4-14-10(13)15-9/h1-4H. The van der Waals surface area contributed by atoms with E-state index in [2.05, 4.69) is 9.97 Å². The Morgan fingerprint density at radius 2 is 1.95 bits per heavy atom.